The zero-order valence-electron chi connectivity index (χ0n) is 9.84. The van der Waals surface area contributed by atoms with Gasteiger partial charge in [-0.25, -0.2) is 4.79 Å². The van der Waals surface area contributed by atoms with E-state index >= 15 is 0 Å². The van der Waals surface area contributed by atoms with Gasteiger partial charge >= 0.3 is 12.1 Å². The molecular weight excluding hydrogens is 234 g/mol. The Morgan fingerprint density at radius 3 is 2.44 bits per heavy atom. The topological polar surface area (TPSA) is 64.6 Å². The molecule has 0 saturated heterocycles. The predicted octanol–water partition coefficient (Wildman–Crippen LogP) is 2.03. The van der Waals surface area contributed by atoms with Crippen molar-refractivity contribution in [1.82, 2.24) is 5.32 Å². The molecule has 0 saturated carbocycles. The lowest BCUT2D eigenvalue weighted by Crippen LogP contribution is -2.33. The third kappa shape index (κ3) is 9.58. The maximum Gasteiger partial charge on any atom is 0.407 e. The SMILES string of the molecule is CC(C)(C)OC(=O)NCCCC(=O)OCCl. The summed E-state index contributed by atoms with van der Waals surface area (Å²) >= 11 is 5.20. The van der Waals surface area contributed by atoms with Gasteiger partial charge in [0.05, 0.1) is 0 Å². The number of rotatable bonds is 5. The Hall–Kier alpha value is -0.970. The Labute approximate surface area is 100 Å². The minimum atomic E-state index is -0.512. The van der Waals surface area contributed by atoms with Crippen LogP contribution in [0, 0.1) is 0 Å². The highest BCUT2D eigenvalue weighted by atomic mass is 35.5. The van der Waals surface area contributed by atoms with E-state index in [1.807, 2.05) is 0 Å². The maximum absolute atomic E-state index is 11.2. The van der Waals surface area contributed by atoms with Crippen molar-refractivity contribution in [3.63, 3.8) is 0 Å². The standard InChI is InChI=1S/C10H18ClNO4/c1-10(2,3)16-9(14)12-6-4-5-8(13)15-7-11/h4-7H2,1-3H3,(H,12,14). The van der Waals surface area contributed by atoms with Gasteiger partial charge < -0.3 is 14.8 Å². The molecule has 0 fully saturated rings. The minimum absolute atomic E-state index is 0.141. The fraction of sp³-hybridized carbons (Fsp3) is 0.800. The molecule has 0 radical (unpaired) electrons. The highest BCUT2D eigenvalue weighted by Crippen LogP contribution is 2.06. The van der Waals surface area contributed by atoms with Gasteiger partial charge in [0.2, 0.25) is 0 Å². The number of amides is 1. The van der Waals surface area contributed by atoms with Crippen LogP contribution in [0.5, 0.6) is 0 Å². The van der Waals surface area contributed by atoms with E-state index in [0.29, 0.717) is 13.0 Å². The number of alkyl halides is 1. The van der Waals surface area contributed by atoms with E-state index in [0.717, 1.165) is 0 Å². The van der Waals surface area contributed by atoms with Crippen molar-refractivity contribution in [3.8, 4) is 0 Å². The van der Waals surface area contributed by atoms with Crippen molar-refractivity contribution in [2.45, 2.75) is 39.2 Å². The number of carbonyl (C=O) groups excluding carboxylic acids is 2. The second-order valence-corrected chi connectivity index (χ2v) is 4.38. The van der Waals surface area contributed by atoms with Crippen LogP contribution in [0.2, 0.25) is 0 Å². The van der Waals surface area contributed by atoms with E-state index in [1.54, 1.807) is 20.8 Å². The van der Waals surface area contributed by atoms with Gasteiger partial charge in [0.1, 0.15) is 5.60 Å². The van der Waals surface area contributed by atoms with E-state index < -0.39 is 11.7 Å². The zero-order chi connectivity index (χ0) is 12.6. The monoisotopic (exact) mass is 251 g/mol. The van der Waals surface area contributed by atoms with Gasteiger partial charge in [-0.3, -0.25) is 4.79 Å². The summed E-state index contributed by atoms with van der Waals surface area (Å²) < 4.78 is 9.52. The molecule has 0 aliphatic carbocycles. The number of hydrogen-bond donors (Lipinski definition) is 1. The van der Waals surface area contributed by atoms with Crippen molar-refractivity contribution >= 4 is 23.7 Å². The number of carbonyl (C=O) groups is 2. The molecule has 0 bridgehead atoms. The summed E-state index contributed by atoms with van der Waals surface area (Å²) in [6, 6.07) is -0.141. The first-order chi connectivity index (χ1) is 7.35. The molecule has 0 heterocycles. The Morgan fingerprint density at radius 1 is 1.31 bits per heavy atom. The number of nitrogens with one attached hydrogen (secondary N) is 1. The molecule has 6 heteroatoms. The fourth-order valence-corrected chi connectivity index (χ4v) is 0.992. The summed E-state index contributed by atoms with van der Waals surface area (Å²) in [6.07, 6.45) is 0.232. The van der Waals surface area contributed by atoms with E-state index in [-0.39, 0.29) is 18.5 Å². The summed E-state index contributed by atoms with van der Waals surface area (Å²) in [5.74, 6) is -0.374. The van der Waals surface area contributed by atoms with Crippen LogP contribution in [0.1, 0.15) is 33.6 Å². The van der Waals surface area contributed by atoms with Gasteiger partial charge in [0.25, 0.3) is 0 Å². The molecule has 1 amide bonds. The Morgan fingerprint density at radius 2 is 1.94 bits per heavy atom. The molecule has 0 aromatic heterocycles. The second-order valence-electron chi connectivity index (χ2n) is 4.16. The summed E-state index contributed by atoms with van der Waals surface area (Å²) in [6.45, 7) is 5.71. The average Bonchev–Trinajstić information content (AvgIpc) is 2.10. The van der Waals surface area contributed by atoms with E-state index in [1.165, 1.54) is 0 Å². The smallest absolute Gasteiger partial charge is 0.407 e. The maximum atomic E-state index is 11.2. The van der Waals surface area contributed by atoms with Crippen molar-refractivity contribution < 1.29 is 19.1 Å². The van der Waals surface area contributed by atoms with Crippen LogP contribution in [-0.4, -0.2) is 30.3 Å². The molecule has 0 rings (SSSR count). The molecule has 0 aliphatic heterocycles. The molecule has 0 aromatic carbocycles. The lowest BCUT2D eigenvalue weighted by atomic mass is 10.2. The van der Waals surface area contributed by atoms with Crippen molar-refractivity contribution in [2.24, 2.45) is 0 Å². The molecule has 94 valence electrons. The highest BCUT2D eigenvalue weighted by Gasteiger charge is 2.15. The third-order valence-corrected chi connectivity index (χ3v) is 1.55. The Balaban J connectivity index is 3.52. The lowest BCUT2D eigenvalue weighted by molar-refractivity contribution is -0.141. The van der Waals surface area contributed by atoms with E-state index in [2.05, 4.69) is 10.1 Å². The average molecular weight is 252 g/mol. The molecule has 0 aliphatic rings. The second kappa shape index (κ2) is 7.33. The first-order valence-electron chi connectivity index (χ1n) is 5.03. The van der Waals surface area contributed by atoms with E-state index in [4.69, 9.17) is 16.3 Å². The largest absolute Gasteiger partial charge is 0.449 e. The molecule has 5 nitrogen and oxygen atoms in total. The summed E-state index contributed by atoms with van der Waals surface area (Å²) in [5.41, 5.74) is -0.512. The molecule has 0 atom stereocenters. The van der Waals surface area contributed by atoms with Crippen LogP contribution in [0.4, 0.5) is 4.79 Å². The molecule has 1 N–H and O–H groups in total. The zero-order valence-corrected chi connectivity index (χ0v) is 10.6. The Kier molecular flexibility index (Phi) is 6.88. The lowest BCUT2D eigenvalue weighted by Gasteiger charge is -2.19. The summed E-state index contributed by atoms with van der Waals surface area (Å²) in [7, 11) is 0. The normalized spacial score (nSPS) is 10.8. The number of hydrogen-bond acceptors (Lipinski definition) is 4. The number of esters is 1. The molecule has 0 unspecified atom stereocenters. The summed E-state index contributed by atoms with van der Waals surface area (Å²) in [5, 5.41) is 2.53. The van der Waals surface area contributed by atoms with Crippen LogP contribution in [0.25, 0.3) is 0 Å². The number of halogens is 1. The number of alkyl carbamates (subject to hydrolysis) is 1. The van der Waals surface area contributed by atoms with Crippen molar-refractivity contribution in [3.05, 3.63) is 0 Å². The Bertz CT molecular complexity index is 237. The van der Waals surface area contributed by atoms with E-state index in [9.17, 15) is 9.59 Å². The molecule has 0 aromatic rings. The fourth-order valence-electron chi connectivity index (χ4n) is 0.870. The quantitative estimate of drug-likeness (QED) is 0.461. The third-order valence-electron chi connectivity index (χ3n) is 1.44. The first-order valence-corrected chi connectivity index (χ1v) is 5.57. The van der Waals surface area contributed by atoms with Crippen LogP contribution in [0.15, 0.2) is 0 Å². The van der Waals surface area contributed by atoms with Crippen LogP contribution in [0.3, 0.4) is 0 Å². The van der Waals surface area contributed by atoms with Gasteiger partial charge in [0.15, 0.2) is 6.07 Å². The molecule has 16 heavy (non-hydrogen) atoms. The van der Waals surface area contributed by atoms with Gasteiger partial charge in [0, 0.05) is 13.0 Å². The van der Waals surface area contributed by atoms with Gasteiger partial charge in [-0.05, 0) is 27.2 Å². The van der Waals surface area contributed by atoms with Crippen LogP contribution >= 0.6 is 11.6 Å². The number of ether oxygens (including phenoxy) is 2. The van der Waals surface area contributed by atoms with Gasteiger partial charge in [-0.2, -0.15) is 0 Å². The highest BCUT2D eigenvalue weighted by molar-refractivity contribution is 6.17. The molecule has 0 spiro atoms. The van der Waals surface area contributed by atoms with Gasteiger partial charge in [-0.1, -0.05) is 11.6 Å². The van der Waals surface area contributed by atoms with Crippen molar-refractivity contribution in [2.75, 3.05) is 12.6 Å². The van der Waals surface area contributed by atoms with Crippen LogP contribution < -0.4 is 5.32 Å². The van der Waals surface area contributed by atoms with Crippen molar-refractivity contribution in [1.29, 1.82) is 0 Å². The summed E-state index contributed by atoms with van der Waals surface area (Å²) in [4.78, 5) is 22.0. The predicted molar refractivity (Wildman–Crippen MR) is 60.3 cm³/mol. The van der Waals surface area contributed by atoms with Crippen LogP contribution in [-0.2, 0) is 14.3 Å². The first kappa shape index (κ1) is 15.0. The van der Waals surface area contributed by atoms with Gasteiger partial charge in [-0.15, -0.1) is 0 Å². The minimum Gasteiger partial charge on any atom is -0.449 e. The molecular formula is C10H18ClNO4.